The lowest BCUT2D eigenvalue weighted by Crippen LogP contribution is -3.13. The molecule has 1 saturated heterocycles. The number of carbonyl (C=O) groups excluding carboxylic acids is 1. The number of piperazine rings is 1. The van der Waals surface area contributed by atoms with E-state index in [0.717, 1.165) is 56.1 Å². The molecule has 0 radical (unpaired) electrons. The fraction of sp³-hybridized carbons (Fsp3) is 0.320. The highest BCUT2D eigenvalue weighted by atomic mass is 32.1. The van der Waals surface area contributed by atoms with Gasteiger partial charge in [0, 0.05) is 21.8 Å². The van der Waals surface area contributed by atoms with Crippen molar-refractivity contribution >= 4 is 28.6 Å². The van der Waals surface area contributed by atoms with Crippen molar-refractivity contribution in [2.24, 2.45) is 0 Å². The highest BCUT2D eigenvalue weighted by molar-refractivity contribution is 7.14. The number of hydrogen-bond acceptors (Lipinski definition) is 3. The summed E-state index contributed by atoms with van der Waals surface area (Å²) in [7, 11) is 0. The largest absolute Gasteiger partial charge is 0.360 e. The molecule has 2 aromatic carbocycles. The predicted molar refractivity (Wildman–Crippen MR) is 124 cm³/mol. The van der Waals surface area contributed by atoms with Gasteiger partial charge in [-0.2, -0.15) is 0 Å². The number of aryl methyl sites for hydroxylation is 2. The summed E-state index contributed by atoms with van der Waals surface area (Å²) in [6.45, 7) is 5.53. The van der Waals surface area contributed by atoms with Gasteiger partial charge in [0.2, 0.25) is 0 Å². The van der Waals surface area contributed by atoms with Crippen LogP contribution in [0.2, 0.25) is 0 Å². The molecule has 4 nitrogen and oxygen atoms in total. The molecule has 0 atom stereocenters. The Morgan fingerprint density at radius 2 is 1.77 bits per heavy atom. The summed E-state index contributed by atoms with van der Waals surface area (Å²) in [6, 6.07) is 21.1. The summed E-state index contributed by atoms with van der Waals surface area (Å²) in [5.41, 5.74) is 4.89. The lowest BCUT2D eigenvalue weighted by Gasteiger charge is -2.33. The highest BCUT2D eigenvalue weighted by Gasteiger charge is 2.21. The van der Waals surface area contributed by atoms with Crippen molar-refractivity contribution in [3.8, 4) is 0 Å². The van der Waals surface area contributed by atoms with Gasteiger partial charge in [0.25, 0.3) is 5.91 Å². The Morgan fingerprint density at radius 1 is 1.00 bits per heavy atom. The zero-order valence-corrected chi connectivity index (χ0v) is 18.0. The Labute approximate surface area is 182 Å². The highest BCUT2D eigenvalue weighted by Crippen LogP contribution is 2.31. The number of hydrogen-bond donors (Lipinski definition) is 2. The van der Waals surface area contributed by atoms with Gasteiger partial charge in [-0.3, -0.25) is 4.79 Å². The molecule has 0 saturated carbocycles. The van der Waals surface area contributed by atoms with Crippen molar-refractivity contribution in [1.29, 1.82) is 0 Å². The monoisotopic (exact) mass is 418 g/mol. The van der Waals surface area contributed by atoms with Crippen LogP contribution in [0.4, 0.5) is 11.4 Å². The van der Waals surface area contributed by atoms with Crippen LogP contribution in [-0.2, 0) is 19.4 Å². The molecule has 0 spiro atoms. The second-order valence-corrected chi connectivity index (χ2v) is 9.45. The third-order valence-corrected chi connectivity index (χ3v) is 7.46. The Morgan fingerprint density at radius 3 is 2.50 bits per heavy atom. The Balaban J connectivity index is 1.15. The average Bonchev–Trinajstić information content (AvgIpc) is 3.38. The first-order valence-electron chi connectivity index (χ1n) is 10.9. The van der Waals surface area contributed by atoms with Gasteiger partial charge >= 0.3 is 0 Å². The van der Waals surface area contributed by atoms with E-state index in [4.69, 9.17) is 0 Å². The SMILES string of the molecule is O=C(Nc1ccc(N2CC[NH+](Cc3ccccc3)CC2)cc1)c1cc2c(s1)CCC2. The molecule has 154 valence electrons. The average molecular weight is 419 g/mol. The second-order valence-electron chi connectivity index (χ2n) is 8.31. The molecule has 0 bridgehead atoms. The van der Waals surface area contributed by atoms with Gasteiger partial charge in [-0.25, -0.2) is 0 Å². The molecule has 30 heavy (non-hydrogen) atoms. The Bertz CT molecular complexity index is 983. The van der Waals surface area contributed by atoms with Crippen LogP contribution in [-0.4, -0.2) is 32.1 Å². The first kappa shape index (κ1) is 19.3. The van der Waals surface area contributed by atoms with E-state index in [9.17, 15) is 4.79 Å². The van der Waals surface area contributed by atoms with Crippen LogP contribution >= 0.6 is 11.3 Å². The van der Waals surface area contributed by atoms with Crippen molar-refractivity contribution in [3.63, 3.8) is 0 Å². The van der Waals surface area contributed by atoms with Crippen molar-refractivity contribution < 1.29 is 9.69 Å². The fourth-order valence-corrected chi connectivity index (χ4v) is 5.68. The number of fused-ring (bicyclic) bond motifs is 1. The molecule has 2 aliphatic rings. The molecular weight excluding hydrogens is 390 g/mol. The van der Waals surface area contributed by atoms with E-state index in [1.807, 2.05) is 12.1 Å². The second kappa shape index (κ2) is 8.62. The van der Waals surface area contributed by atoms with Gasteiger partial charge in [-0.05, 0) is 55.2 Å². The molecule has 5 rings (SSSR count). The van der Waals surface area contributed by atoms with Crippen LogP contribution in [0.5, 0.6) is 0 Å². The van der Waals surface area contributed by atoms with Gasteiger partial charge in [0.1, 0.15) is 6.54 Å². The van der Waals surface area contributed by atoms with Crippen LogP contribution in [0.1, 0.15) is 32.1 Å². The minimum Gasteiger partial charge on any atom is -0.360 e. The molecule has 1 aromatic heterocycles. The van der Waals surface area contributed by atoms with Crippen molar-refractivity contribution in [2.45, 2.75) is 25.8 Å². The lowest BCUT2D eigenvalue weighted by molar-refractivity contribution is -0.914. The molecule has 0 unspecified atom stereocenters. The smallest absolute Gasteiger partial charge is 0.265 e. The van der Waals surface area contributed by atoms with Crippen LogP contribution in [0.15, 0.2) is 60.7 Å². The zero-order valence-electron chi connectivity index (χ0n) is 17.2. The van der Waals surface area contributed by atoms with Crippen LogP contribution in [0, 0.1) is 0 Å². The zero-order chi connectivity index (χ0) is 20.3. The van der Waals surface area contributed by atoms with Gasteiger partial charge in [0.05, 0.1) is 31.1 Å². The normalized spacial score (nSPS) is 16.5. The maximum atomic E-state index is 12.6. The van der Waals surface area contributed by atoms with Crippen LogP contribution in [0.3, 0.4) is 0 Å². The first-order chi connectivity index (χ1) is 14.7. The molecule has 2 heterocycles. The number of anilines is 2. The van der Waals surface area contributed by atoms with Crippen molar-refractivity contribution in [3.05, 3.63) is 81.5 Å². The first-order valence-corrected chi connectivity index (χ1v) is 11.7. The van der Waals surface area contributed by atoms with Gasteiger partial charge in [0.15, 0.2) is 0 Å². The van der Waals surface area contributed by atoms with E-state index in [0.29, 0.717) is 0 Å². The lowest BCUT2D eigenvalue weighted by atomic mass is 10.2. The third-order valence-electron chi connectivity index (χ3n) is 6.23. The quantitative estimate of drug-likeness (QED) is 0.666. The van der Waals surface area contributed by atoms with Crippen LogP contribution in [0.25, 0.3) is 0 Å². The minimum absolute atomic E-state index is 0.0141. The van der Waals surface area contributed by atoms with Gasteiger partial charge in [-0.1, -0.05) is 30.3 Å². The Kier molecular flexibility index (Phi) is 5.56. The maximum Gasteiger partial charge on any atom is 0.265 e. The number of rotatable bonds is 5. The number of carbonyl (C=O) groups is 1. The molecule has 1 aliphatic carbocycles. The standard InChI is InChI=1S/C25H27N3OS/c29-25(24-17-20-7-4-8-23(20)30-24)26-21-9-11-22(12-10-21)28-15-13-27(14-16-28)18-19-5-2-1-3-6-19/h1-3,5-6,9-12,17H,4,7-8,13-16,18H2,(H,26,29)/p+1. The van der Waals surface area contributed by atoms with E-state index < -0.39 is 0 Å². The van der Waals surface area contributed by atoms with E-state index >= 15 is 0 Å². The Hall–Kier alpha value is -2.63. The summed E-state index contributed by atoms with van der Waals surface area (Å²) in [5, 5.41) is 3.06. The number of amides is 1. The molecule has 2 N–H and O–H groups in total. The van der Waals surface area contributed by atoms with Crippen molar-refractivity contribution in [1.82, 2.24) is 0 Å². The van der Waals surface area contributed by atoms with Crippen LogP contribution < -0.4 is 15.1 Å². The molecule has 1 aliphatic heterocycles. The van der Waals surface area contributed by atoms with E-state index in [2.05, 4.69) is 58.7 Å². The number of quaternary nitrogens is 1. The van der Waals surface area contributed by atoms with E-state index in [1.54, 1.807) is 16.2 Å². The molecule has 5 heteroatoms. The topological polar surface area (TPSA) is 36.8 Å². The summed E-state index contributed by atoms with van der Waals surface area (Å²) < 4.78 is 0. The van der Waals surface area contributed by atoms with Gasteiger partial charge < -0.3 is 15.1 Å². The van der Waals surface area contributed by atoms with E-state index in [1.165, 1.54) is 28.1 Å². The maximum absolute atomic E-state index is 12.6. The summed E-state index contributed by atoms with van der Waals surface area (Å²) in [6.07, 6.45) is 3.48. The summed E-state index contributed by atoms with van der Waals surface area (Å²) in [5.74, 6) is 0.0141. The minimum atomic E-state index is 0.0141. The van der Waals surface area contributed by atoms with Crippen molar-refractivity contribution in [2.75, 3.05) is 36.4 Å². The summed E-state index contributed by atoms with van der Waals surface area (Å²) >= 11 is 1.65. The number of benzene rings is 2. The predicted octanol–water partition coefficient (Wildman–Crippen LogP) is 3.39. The summed E-state index contributed by atoms with van der Waals surface area (Å²) in [4.78, 5) is 18.9. The molecule has 3 aromatic rings. The number of nitrogens with zero attached hydrogens (tertiary/aromatic N) is 1. The fourth-order valence-electron chi connectivity index (χ4n) is 4.53. The number of nitrogens with one attached hydrogen (secondary N) is 2. The van der Waals surface area contributed by atoms with E-state index in [-0.39, 0.29) is 5.91 Å². The van der Waals surface area contributed by atoms with Gasteiger partial charge in [-0.15, -0.1) is 11.3 Å². The third kappa shape index (κ3) is 4.27. The molecule has 1 amide bonds. The number of thiophene rings is 1. The molecular formula is C25H28N3OS+. The molecule has 1 fully saturated rings.